The highest BCUT2D eigenvalue weighted by Crippen LogP contribution is 2.24. The molecule has 0 atom stereocenters. The van der Waals surface area contributed by atoms with Gasteiger partial charge in [-0.1, -0.05) is 42.5 Å². The Morgan fingerprint density at radius 2 is 1.69 bits per heavy atom. The molecule has 3 aromatic rings. The van der Waals surface area contributed by atoms with Gasteiger partial charge in [-0.15, -0.1) is 0 Å². The van der Waals surface area contributed by atoms with E-state index < -0.39 is 11.7 Å². The van der Waals surface area contributed by atoms with Crippen LogP contribution in [0.1, 0.15) is 26.5 Å². The number of amides is 1. The number of hydrogen-bond acceptors (Lipinski definition) is 4. The van der Waals surface area contributed by atoms with Crippen molar-refractivity contribution in [3.63, 3.8) is 0 Å². The van der Waals surface area contributed by atoms with Crippen molar-refractivity contribution in [1.82, 2.24) is 5.32 Å². The van der Waals surface area contributed by atoms with Gasteiger partial charge in [-0.05, 0) is 38.5 Å². The van der Waals surface area contributed by atoms with Gasteiger partial charge in [0.05, 0.1) is 17.5 Å². The molecule has 0 aliphatic carbocycles. The van der Waals surface area contributed by atoms with Gasteiger partial charge in [-0.25, -0.2) is 4.79 Å². The summed E-state index contributed by atoms with van der Waals surface area (Å²) in [6, 6.07) is 16.4. The summed E-state index contributed by atoms with van der Waals surface area (Å²) in [5.41, 5.74) is 0.946. The molecular formula is C21H21NO4. The molecular weight excluding hydrogens is 330 g/mol. The smallest absolute Gasteiger partial charge is 0.408 e. The van der Waals surface area contributed by atoms with Crippen LogP contribution in [0, 0.1) is 0 Å². The number of ether oxygens (including phenoxy) is 1. The Balaban J connectivity index is 2.03. The molecule has 1 N–H and O–H groups in total. The molecule has 0 spiro atoms. The van der Waals surface area contributed by atoms with Crippen LogP contribution in [0.15, 0.2) is 63.8 Å². The fraction of sp³-hybridized carbons (Fsp3) is 0.238. The summed E-state index contributed by atoms with van der Waals surface area (Å²) in [7, 11) is 0. The van der Waals surface area contributed by atoms with Crippen molar-refractivity contribution in [3.8, 4) is 11.1 Å². The average Bonchev–Trinajstić information content (AvgIpc) is 2.59. The Morgan fingerprint density at radius 1 is 1.04 bits per heavy atom. The Hall–Kier alpha value is -3.08. The molecule has 2 aromatic carbocycles. The Kier molecular flexibility index (Phi) is 4.80. The van der Waals surface area contributed by atoms with Gasteiger partial charge in [0.25, 0.3) is 0 Å². The van der Waals surface area contributed by atoms with E-state index in [0.29, 0.717) is 22.3 Å². The molecule has 3 rings (SSSR count). The van der Waals surface area contributed by atoms with Crippen molar-refractivity contribution in [2.45, 2.75) is 32.9 Å². The molecule has 5 nitrogen and oxygen atoms in total. The molecule has 0 unspecified atom stereocenters. The second-order valence-corrected chi connectivity index (χ2v) is 6.95. The molecule has 0 saturated heterocycles. The summed E-state index contributed by atoms with van der Waals surface area (Å²) in [5.74, 6) is 0.394. The summed E-state index contributed by atoms with van der Waals surface area (Å²) in [4.78, 5) is 25.0. The molecule has 0 aliphatic rings. The number of para-hydroxylation sites is 1. The maximum atomic E-state index is 13.0. The van der Waals surface area contributed by atoms with Crippen molar-refractivity contribution in [2.24, 2.45) is 0 Å². The number of hydrogen-bond donors (Lipinski definition) is 1. The quantitative estimate of drug-likeness (QED) is 0.755. The zero-order valence-corrected chi connectivity index (χ0v) is 15.0. The molecule has 1 amide bonds. The van der Waals surface area contributed by atoms with E-state index in [2.05, 4.69) is 5.32 Å². The standard InChI is InChI=1S/C21H21NO4/c1-21(2,3)26-20(24)22-13-17-18(14-9-5-4-6-10-14)19(23)15-11-7-8-12-16(15)25-17/h4-12H,13H2,1-3H3,(H,22,24). The molecule has 5 heteroatoms. The predicted octanol–water partition coefficient (Wildman–Crippen LogP) is 4.48. The highest BCUT2D eigenvalue weighted by atomic mass is 16.6. The van der Waals surface area contributed by atoms with Crippen LogP contribution in [0.3, 0.4) is 0 Å². The van der Waals surface area contributed by atoms with Crippen molar-refractivity contribution in [1.29, 1.82) is 0 Å². The molecule has 0 fully saturated rings. The Bertz CT molecular complexity index is 984. The average molecular weight is 351 g/mol. The highest BCUT2D eigenvalue weighted by molar-refractivity contribution is 5.83. The largest absolute Gasteiger partial charge is 0.458 e. The van der Waals surface area contributed by atoms with Gasteiger partial charge in [-0.2, -0.15) is 0 Å². The minimum Gasteiger partial charge on any atom is -0.458 e. The number of fused-ring (bicyclic) bond motifs is 1. The van der Waals surface area contributed by atoms with Gasteiger partial charge in [0, 0.05) is 0 Å². The van der Waals surface area contributed by atoms with Crippen molar-refractivity contribution < 1.29 is 13.9 Å². The fourth-order valence-corrected chi connectivity index (χ4v) is 2.68. The second-order valence-electron chi connectivity index (χ2n) is 6.95. The van der Waals surface area contributed by atoms with Crippen LogP contribution >= 0.6 is 0 Å². The maximum Gasteiger partial charge on any atom is 0.408 e. The zero-order valence-electron chi connectivity index (χ0n) is 15.0. The summed E-state index contributed by atoms with van der Waals surface area (Å²) < 4.78 is 11.2. The lowest BCUT2D eigenvalue weighted by Crippen LogP contribution is -2.32. The van der Waals surface area contributed by atoms with Crippen molar-refractivity contribution >= 4 is 17.1 Å². The van der Waals surface area contributed by atoms with E-state index >= 15 is 0 Å². The Morgan fingerprint density at radius 3 is 2.38 bits per heavy atom. The second kappa shape index (κ2) is 7.04. The lowest BCUT2D eigenvalue weighted by Gasteiger charge is -2.20. The van der Waals surface area contributed by atoms with Gasteiger partial charge in [0.15, 0.2) is 0 Å². The number of carbonyl (C=O) groups is 1. The topological polar surface area (TPSA) is 68.5 Å². The predicted molar refractivity (Wildman–Crippen MR) is 101 cm³/mol. The molecule has 0 radical (unpaired) electrons. The first-order chi connectivity index (χ1) is 12.3. The van der Waals surface area contributed by atoms with Crippen LogP contribution in [0.5, 0.6) is 0 Å². The minimum atomic E-state index is -0.601. The molecule has 0 saturated carbocycles. The summed E-state index contributed by atoms with van der Waals surface area (Å²) in [6.45, 7) is 5.42. The third-order valence-electron chi connectivity index (χ3n) is 3.73. The first kappa shape index (κ1) is 17.7. The van der Waals surface area contributed by atoms with E-state index in [-0.39, 0.29) is 12.0 Å². The zero-order chi connectivity index (χ0) is 18.7. The fourth-order valence-electron chi connectivity index (χ4n) is 2.68. The summed E-state index contributed by atoms with van der Waals surface area (Å²) in [6.07, 6.45) is -0.563. The number of carbonyl (C=O) groups excluding carboxylic acids is 1. The van der Waals surface area contributed by atoms with Crippen LogP contribution in [0.25, 0.3) is 22.1 Å². The van der Waals surface area contributed by atoms with Crippen LogP contribution in [-0.4, -0.2) is 11.7 Å². The van der Waals surface area contributed by atoms with Gasteiger partial charge < -0.3 is 14.5 Å². The van der Waals surface area contributed by atoms with E-state index in [4.69, 9.17) is 9.15 Å². The number of nitrogens with one attached hydrogen (secondary N) is 1. The first-order valence-corrected chi connectivity index (χ1v) is 8.42. The van der Waals surface area contributed by atoms with E-state index in [0.717, 1.165) is 5.56 Å². The summed E-state index contributed by atoms with van der Waals surface area (Å²) in [5, 5.41) is 3.17. The third-order valence-corrected chi connectivity index (χ3v) is 3.73. The van der Waals surface area contributed by atoms with Gasteiger partial charge >= 0.3 is 6.09 Å². The van der Waals surface area contributed by atoms with Crippen molar-refractivity contribution in [3.05, 3.63) is 70.6 Å². The summed E-state index contributed by atoms with van der Waals surface area (Å²) >= 11 is 0. The molecule has 134 valence electrons. The van der Waals surface area contributed by atoms with E-state index in [1.807, 2.05) is 30.3 Å². The molecule has 1 heterocycles. The van der Waals surface area contributed by atoms with E-state index in [1.54, 1.807) is 45.0 Å². The number of alkyl carbamates (subject to hydrolysis) is 1. The monoisotopic (exact) mass is 351 g/mol. The lowest BCUT2D eigenvalue weighted by molar-refractivity contribution is 0.0520. The number of rotatable bonds is 3. The maximum absolute atomic E-state index is 13.0. The molecule has 1 aromatic heterocycles. The lowest BCUT2D eigenvalue weighted by atomic mass is 10.0. The van der Waals surface area contributed by atoms with Gasteiger partial charge in [0.2, 0.25) is 5.43 Å². The van der Waals surface area contributed by atoms with Crippen LogP contribution in [-0.2, 0) is 11.3 Å². The van der Waals surface area contributed by atoms with Crippen LogP contribution in [0.2, 0.25) is 0 Å². The van der Waals surface area contributed by atoms with E-state index in [1.165, 1.54) is 0 Å². The van der Waals surface area contributed by atoms with Crippen LogP contribution < -0.4 is 10.7 Å². The SMILES string of the molecule is CC(C)(C)OC(=O)NCc1oc2ccccc2c(=O)c1-c1ccccc1. The van der Waals surface area contributed by atoms with E-state index in [9.17, 15) is 9.59 Å². The molecule has 0 aliphatic heterocycles. The first-order valence-electron chi connectivity index (χ1n) is 8.42. The highest BCUT2D eigenvalue weighted by Gasteiger charge is 2.19. The minimum absolute atomic E-state index is 0.0548. The van der Waals surface area contributed by atoms with Gasteiger partial charge in [-0.3, -0.25) is 4.79 Å². The third kappa shape index (κ3) is 3.94. The molecule has 0 bridgehead atoms. The normalized spacial score (nSPS) is 11.3. The van der Waals surface area contributed by atoms with Crippen molar-refractivity contribution in [2.75, 3.05) is 0 Å². The van der Waals surface area contributed by atoms with Crippen LogP contribution in [0.4, 0.5) is 4.79 Å². The van der Waals surface area contributed by atoms with Gasteiger partial charge in [0.1, 0.15) is 16.9 Å². The Labute approximate surface area is 151 Å². The number of benzene rings is 2. The molecule has 26 heavy (non-hydrogen) atoms.